The van der Waals surface area contributed by atoms with Crippen LogP contribution in [0.2, 0.25) is 0 Å². The van der Waals surface area contributed by atoms with E-state index in [-0.39, 0.29) is 5.56 Å². The third-order valence-corrected chi connectivity index (χ3v) is 5.13. The molecule has 0 radical (unpaired) electrons. The van der Waals surface area contributed by atoms with Crippen molar-refractivity contribution < 1.29 is 27.7 Å². The summed E-state index contributed by atoms with van der Waals surface area (Å²) >= 11 is 0. The van der Waals surface area contributed by atoms with Gasteiger partial charge in [0.15, 0.2) is 16.4 Å². The van der Waals surface area contributed by atoms with Crippen LogP contribution in [0.4, 0.5) is 11.4 Å². The molecule has 10 heteroatoms. The average Bonchev–Trinajstić information content (AvgIpc) is 2.65. The number of sulfone groups is 1. The second-order valence-corrected chi connectivity index (χ2v) is 8.60. The molecule has 0 fully saturated rings. The van der Waals surface area contributed by atoms with E-state index >= 15 is 0 Å². The molecule has 0 aliphatic rings. The number of esters is 1. The minimum atomic E-state index is -3.85. The second kappa shape index (κ2) is 8.82. The molecule has 0 saturated carbocycles. The number of carbonyl (C=O) groups is 2. The van der Waals surface area contributed by atoms with Crippen LogP contribution in [-0.2, 0) is 19.4 Å². The van der Waals surface area contributed by atoms with Crippen LogP contribution in [-0.4, -0.2) is 38.1 Å². The summed E-state index contributed by atoms with van der Waals surface area (Å²) in [6.45, 7) is 3.48. The molecule has 1 N–H and O–H groups in total. The number of nitro benzene ring substituents is 1. The summed E-state index contributed by atoms with van der Waals surface area (Å²) in [5.41, 5.74) is 0.659. The third-order valence-electron chi connectivity index (χ3n) is 3.99. The molecule has 9 nitrogen and oxygen atoms in total. The number of amides is 1. The molecule has 0 aliphatic carbocycles. The fraction of sp³-hybridized carbons (Fsp3) is 0.263. The molecule has 29 heavy (non-hydrogen) atoms. The highest BCUT2D eigenvalue weighted by Crippen LogP contribution is 2.25. The van der Waals surface area contributed by atoms with E-state index in [0.717, 1.165) is 30.0 Å². The van der Waals surface area contributed by atoms with E-state index < -0.39 is 43.8 Å². The molecule has 2 rings (SSSR count). The van der Waals surface area contributed by atoms with Crippen LogP contribution in [0.3, 0.4) is 0 Å². The van der Waals surface area contributed by atoms with Gasteiger partial charge in [-0.3, -0.25) is 14.9 Å². The van der Waals surface area contributed by atoms with Crippen LogP contribution in [0, 0.1) is 10.1 Å². The summed E-state index contributed by atoms with van der Waals surface area (Å²) in [7, 11) is -3.85. The van der Waals surface area contributed by atoms with Crippen molar-refractivity contribution in [2.75, 3.05) is 18.2 Å². The Hall–Kier alpha value is -3.27. The van der Waals surface area contributed by atoms with Gasteiger partial charge in [0.2, 0.25) is 0 Å². The first-order valence-corrected chi connectivity index (χ1v) is 10.4. The van der Waals surface area contributed by atoms with Gasteiger partial charge in [0.25, 0.3) is 11.6 Å². The molecule has 2 aromatic carbocycles. The number of nitrogens with one attached hydrogen (secondary N) is 1. The zero-order valence-corrected chi connectivity index (χ0v) is 16.9. The van der Waals surface area contributed by atoms with Crippen molar-refractivity contribution in [2.45, 2.75) is 24.7 Å². The lowest BCUT2D eigenvalue weighted by Gasteiger charge is -2.09. The van der Waals surface area contributed by atoms with Gasteiger partial charge in [0.1, 0.15) is 4.90 Å². The predicted octanol–water partition coefficient (Wildman–Crippen LogP) is 2.92. The van der Waals surface area contributed by atoms with Gasteiger partial charge in [-0.25, -0.2) is 13.2 Å². The van der Waals surface area contributed by atoms with Crippen molar-refractivity contribution in [3.8, 4) is 0 Å². The van der Waals surface area contributed by atoms with Crippen LogP contribution in [0.15, 0.2) is 47.4 Å². The maximum Gasteiger partial charge on any atom is 0.338 e. The van der Waals surface area contributed by atoms with Crippen molar-refractivity contribution >= 4 is 33.1 Å². The van der Waals surface area contributed by atoms with E-state index in [1.165, 1.54) is 0 Å². The number of benzene rings is 2. The van der Waals surface area contributed by atoms with Gasteiger partial charge in [0, 0.05) is 18.0 Å². The minimum Gasteiger partial charge on any atom is -0.452 e. The average molecular weight is 420 g/mol. The fourth-order valence-electron chi connectivity index (χ4n) is 2.46. The number of nitrogens with zero attached hydrogens (tertiary/aromatic N) is 1. The van der Waals surface area contributed by atoms with Crippen LogP contribution < -0.4 is 5.32 Å². The summed E-state index contributed by atoms with van der Waals surface area (Å²) in [4.78, 5) is 33.7. The molecule has 0 aliphatic heterocycles. The summed E-state index contributed by atoms with van der Waals surface area (Å²) in [5.74, 6) is -1.23. The standard InChI is InChI=1S/C19H20N2O7S/c1-12(2)13-4-7-15(8-5-13)20-18(22)11-28-19(23)14-6-9-17(29(3,26)27)16(10-14)21(24)25/h4-10,12H,11H2,1-3H3,(H,20,22). The molecule has 0 spiro atoms. The SMILES string of the molecule is CC(C)c1ccc(NC(=O)COC(=O)c2ccc(S(C)(=O)=O)c([N+](=O)[O-])c2)cc1. The van der Waals surface area contributed by atoms with Crippen molar-refractivity contribution in [1.82, 2.24) is 0 Å². The smallest absolute Gasteiger partial charge is 0.338 e. The van der Waals surface area contributed by atoms with E-state index in [1.807, 2.05) is 26.0 Å². The fourth-order valence-corrected chi connectivity index (χ4v) is 3.29. The monoisotopic (exact) mass is 420 g/mol. The predicted molar refractivity (Wildman–Crippen MR) is 106 cm³/mol. The molecule has 0 bridgehead atoms. The molecular weight excluding hydrogens is 400 g/mol. The topological polar surface area (TPSA) is 133 Å². The van der Waals surface area contributed by atoms with Gasteiger partial charge in [-0.1, -0.05) is 26.0 Å². The first-order chi connectivity index (χ1) is 13.5. The Bertz CT molecular complexity index is 1040. The van der Waals surface area contributed by atoms with Gasteiger partial charge in [-0.15, -0.1) is 0 Å². The molecule has 154 valence electrons. The number of nitro groups is 1. The number of hydrogen-bond donors (Lipinski definition) is 1. The van der Waals surface area contributed by atoms with Crippen LogP contribution in [0.1, 0.15) is 35.7 Å². The van der Waals surface area contributed by atoms with Gasteiger partial charge in [-0.05, 0) is 35.7 Å². The Balaban J connectivity index is 2.04. The van der Waals surface area contributed by atoms with E-state index in [0.29, 0.717) is 11.6 Å². The van der Waals surface area contributed by atoms with E-state index in [2.05, 4.69) is 5.32 Å². The number of ether oxygens (including phenoxy) is 1. The molecule has 0 unspecified atom stereocenters. The Morgan fingerprint density at radius 3 is 2.28 bits per heavy atom. The molecule has 1 amide bonds. The summed E-state index contributed by atoms with van der Waals surface area (Å²) in [6.07, 6.45) is 0.825. The zero-order valence-electron chi connectivity index (χ0n) is 16.0. The largest absolute Gasteiger partial charge is 0.452 e. The first kappa shape index (κ1) is 22.0. The summed E-state index contributed by atoms with van der Waals surface area (Å²) in [6, 6.07) is 10.0. The molecule has 0 aromatic heterocycles. The lowest BCUT2D eigenvalue weighted by Crippen LogP contribution is -2.21. The van der Waals surface area contributed by atoms with Gasteiger partial charge < -0.3 is 10.1 Å². The highest BCUT2D eigenvalue weighted by atomic mass is 32.2. The lowest BCUT2D eigenvalue weighted by molar-refractivity contribution is -0.387. The zero-order chi connectivity index (χ0) is 21.8. The van der Waals surface area contributed by atoms with E-state index in [4.69, 9.17) is 4.74 Å². The Morgan fingerprint density at radius 1 is 1.14 bits per heavy atom. The lowest BCUT2D eigenvalue weighted by atomic mass is 10.0. The number of anilines is 1. The first-order valence-electron chi connectivity index (χ1n) is 8.54. The maximum absolute atomic E-state index is 12.1. The highest BCUT2D eigenvalue weighted by Gasteiger charge is 2.24. The number of hydrogen-bond acceptors (Lipinski definition) is 7. The van der Waals surface area contributed by atoms with Crippen LogP contribution >= 0.6 is 0 Å². The van der Waals surface area contributed by atoms with Crippen molar-refractivity contribution in [2.24, 2.45) is 0 Å². The summed E-state index contributed by atoms with van der Waals surface area (Å²) in [5, 5.41) is 13.7. The van der Waals surface area contributed by atoms with E-state index in [9.17, 15) is 28.1 Å². The van der Waals surface area contributed by atoms with Crippen LogP contribution in [0.5, 0.6) is 0 Å². The Morgan fingerprint density at radius 2 is 1.76 bits per heavy atom. The normalized spacial score (nSPS) is 11.2. The molecule has 2 aromatic rings. The number of carbonyl (C=O) groups excluding carboxylic acids is 2. The van der Waals surface area contributed by atoms with Crippen molar-refractivity contribution in [3.05, 3.63) is 63.7 Å². The number of rotatable bonds is 7. The highest BCUT2D eigenvalue weighted by molar-refractivity contribution is 7.90. The van der Waals surface area contributed by atoms with Gasteiger partial charge in [0.05, 0.1) is 10.5 Å². The quantitative estimate of drug-likeness (QED) is 0.414. The summed E-state index contributed by atoms with van der Waals surface area (Å²) < 4.78 is 28.1. The molecule has 0 saturated heterocycles. The minimum absolute atomic E-state index is 0.238. The maximum atomic E-state index is 12.1. The third kappa shape index (κ3) is 5.85. The Kier molecular flexibility index (Phi) is 6.70. The van der Waals surface area contributed by atoms with Crippen LogP contribution in [0.25, 0.3) is 0 Å². The van der Waals surface area contributed by atoms with Crippen molar-refractivity contribution in [1.29, 1.82) is 0 Å². The Labute approximate surface area is 167 Å². The van der Waals surface area contributed by atoms with Gasteiger partial charge >= 0.3 is 5.97 Å². The molecule has 0 atom stereocenters. The van der Waals surface area contributed by atoms with Gasteiger partial charge in [-0.2, -0.15) is 0 Å². The second-order valence-electron chi connectivity index (χ2n) is 6.61. The molecule has 0 heterocycles. The van der Waals surface area contributed by atoms with E-state index in [1.54, 1.807) is 12.1 Å². The van der Waals surface area contributed by atoms with Crippen molar-refractivity contribution in [3.63, 3.8) is 0 Å². The molecular formula is C19H20N2O7S.